The van der Waals surface area contributed by atoms with E-state index in [4.69, 9.17) is 26.1 Å². The number of halogens is 3. The maximum Gasteiger partial charge on any atom is 0.151 e. The molecule has 192 valence electrons. The average Bonchev–Trinajstić information content (AvgIpc) is 2.91. The van der Waals surface area contributed by atoms with Gasteiger partial charge in [-0.15, -0.1) is 0 Å². The van der Waals surface area contributed by atoms with Crippen molar-refractivity contribution in [2.75, 3.05) is 24.7 Å². The van der Waals surface area contributed by atoms with Gasteiger partial charge in [0.1, 0.15) is 29.7 Å². The van der Waals surface area contributed by atoms with Crippen molar-refractivity contribution in [3.8, 4) is 11.4 Å². The summed E-state index contributed by atoms with van der Waals surface area (Å²) >= 11 is 6.59. The van der Waals surface area contributed by atoms with Crippen LogP contribution in [0.3, 0.4) is 0 Å². The zero-order valence-corrected chi connectivity index (χ0v) is 21.3. The van der Waals surface area contributed by atoms with Crippen LogP contribution in [0.1, 0.15) is 42.8 Å². The van der Waals surface area contributed by atoms with Crippen LogP contribution >= 0.6 is 11.6 Å². The predicted octanol–water partition coefficient (Wildman–Crippen LogP) is 5.81. The summed E-state index contributed by atoms with van der Waals surface area (Å²) in [6, 6.07) is 4.64. The number of aromatic nitrogens is 4. The van der Waals surface area contributed by atoms with Crippen molar-refractivity contribution in [2.45, 2.75) is 39.2 Å². The number of allylic oxidation sites excluding steroid dienone is 2. The highest BCUT2D eigenvalue weighted by molar-refractivity contribution is 6.30. The molecule has 0 spiro atoms. The van der Waals surface area contributed by atoms with E-state index in [2.05, 4.69) is 19.9 Å². The standard InChI is InChI=1S/C27H26ClF2N5O2/c1-16-12-32-23(22-3-6-31-27(34-22)18-4-7-36-8-5-18)11-25(16)35-14-20(28)26(9-17(35)2)37-15-24-21(30)10-19(29)13-33-24/h3,6,9-13,18H,4-5,7-8,14-15H2,1-2H3. The molecule has 3 aromatic rings. The Morgan fingerprint density at radius 3 is 2.68 bits per heavy atom. The van der Waals surface area contributed by atoms with Crippen LogP contribution in [0.4, 0.5) is 14.5 Å². The monoisotopic (exact) mass is 525 g/mol. The van der Waals surface area contributed by atoms with E-state index in [1.54, 1.807) is 12.3 Å². The molecule has 10 heteroatoms. The molecule has 0 N–H and O–H groups in total. The number of anilines is 1. The smallest absolute Gasteiger partial charge is 0.151 e. The highest BCUT2D eigenvalue weighted by Gasteiger charge is 2.23. The number of rotatable bonds is 6. The van der Waals surface area contributed by atoms with Crippen molar-refractivity contribution in [3.63, 3.8) is 0 Å². The van der Waals surface area contributed by atoms with Crippen molar-refractivity contribution in [1.29, 1.82) is 0 Å². The summed E-state index contributed by atoms with van der Waals surface area (Å²) in [5.74, 6) is 0.0196. The van der Waals surface area contributed by atoms with Crippen molar-refractivity contribution < 1.29 is 18.3 Å². The second kappa shape index (κ2) is 10.9. The van der Waals surface area contributed by atoms with Crippen LogP contribution in [-0.4, -0.2) is 39.7 Å². The van der Waals surface area contributed by atoms with Gasteiger partial charge in [-0.3, -0.25) is 9.97 Å². The summed E-state index contributed by atoms with van der Waals surface area (Å²) in [7, 11) is 0. The van der Waals surface area contributed by atoms with Crippen molar-refractivity contribution >= 4 is 17.3 Å². The number of ether oxygens (including phenoxy) is 2. The SMILES string of the molecule is CC1=CC(OCc2ncc(F)cc2F)=C(Cl)CN1c1cc(-c2ccnc(C3CCOCC3)n2)ncc1C. The molecule has 0 aromatic carbocycles. The van der Waals surface area contributed by atoms with E-state index in [1.807, 2.05) is 32.2 Å². The summed E-state index contributed by atoms with van der Waals surface area (Å²) < 4.78 is 38.3. The minimum absolute atomic E-state index is 0.00596. The summed E-state index contributed by atoms with van der Waals surface area (Å²) in [5.41, 5.74) is 4.30. The molecule has 0 unspecified atom stereocenters. The molecule has 37 heavy (non-hydrogen) atoms. The first-order valence-corrected chi connectivity index (χ1v) is 12.4. The molecule has 3 aromatic heterocycles. The molecule has 1 fully saturated rings. The van der Waals surface area contributed by atoms with Crippen LogP contribution in [0.2, 0.25) is 0 Å². The van der Waals surface area contributed by atoms with Crippen LogP contribution in [-0.2, 0) is 16.1 Å². The molecule has 0 radical (unpaired) electrons. The molecular weight excluding hydrogens is 500 g/mol. The van der Waals surface area contributed by atoms with E-state index < -0.39 is 11.6 Å². The van der Waals surface area contributed by atoms with Crippen molar-refractivity contribution in [2.24, 2.45) is 0 Å². The molecule has 7 nitrogen and oxygen atoms in total. The van der Waals surface area contributed by atoms with Gasteiger partial charge in [-0.25, -0.2) is 18.7 Å². The normalized spacial score (nSPS) is 16.7. The largest absolute Gasteiger partial charge is 0.486 e. The Morgan fingerprint density at radius 2 is 1.89 bits per heavy atom. The minimum atomic E-state index is -0.764. The Morgan fingerprint density at radius 1 is 1.08 bits per heavy atom. The van der Waals surface area contributed by atoms with Crippen LogP contribution in [0.25, 0.3) is 11.4 Å². The lowest BCUT2D eigenvalue weighted by atomic mass is 9.99. The van der Waals surface area contributed by atoms with Gasteiger partial charge in [0.05, 0.1) is 29.2 Å². The number of pyridine rings is 2. The second-order valence-electron chi connectivity index (χ2n) is 9.05. The number of aryl methyl sites for hydroxylation is 1. The lowest BCUT2D eigenvalue weighted by Gasteiger charge is -2.31. The number of hydrogen-bond donors (Lipinski definition) is 0. The van der Waals surface area contributed by atoms with E-state index in [9.17, 15) is 8.78 Å². The van der Waals surface area contributed by atoms with Crippen LogP contribution in [0.5, 0.6) is 0 Å². The maximum atomic E-state index is 13.9. The molecule has 0 bridgehead atoms. The minimum Gasteiger partial charge on any atom is -0.486 e. The summed E-state index contributed by atoms with van der Waals surface area (Å²) in [6.07, 6.45) is 8.17. The highest BCUT2D eigenvalue weighted by atomic mass is 35.5. The van der Waals surface area contributed by atoms with Gasteiger partial charge < -0.3 is 14.4 Å². The Labute approximate surface area is 218 Å². The maximum absolute atomic E-state index is 13.9. The molecule has 0 amide bonds. The van der Waals surface area contributed by atoms with Gasteiger partial charge in [-0.05, 0) is 44.4 Å². The molecule has 5 heterocycles. The first-order valence-electron chi connectivity index (χ1n) is 12.0. The first-order chi connectivity index (χ1) is 17.9. The van der Waals surface area contributed by atoms with E-state index in [1.165, 1.54) is 0 Å². The van der Waals surface area contributed by atoms with Gasteiger partial charge in [0.25, 0.3) is 0 Å². The summed E-state index contributed by atoms with van der Waals surface area (Å²) in [4.78, 5) is 19.8. The molecule has 5 rings (SSSR count). The van der Waals surface area contributed by atoms with Gasteiger partial charge in [-0.2, -0.15) is 0 Å². The Kier molecular flexibility index (Phi) is 7.43. The van der Waals surface area contributed by atoms with Gasteiger partial charge >= 0.3 is 0 Å². The zero-order chi connectivity index (χ0) is 25.9. The molecule has 0 aliphatic carbocycles. The van der Waals surface area contributed by atoms with E-state index in [0.29, 0.717) is 17.3 Å². The van der Waals surface area contributed by atoms with Crippen molar-refractivity contribution in [3.05, 3.63) is 88.1 Å². The van der Waals surface area contributed by atoms with Gasteiger partial charge in [0.2, 0.25) is 0 Å². The van der Waals surface area contributed by atoms with Crippen LogP contribution in [0.15, 0.2) is 59.4 Å². The third-order valence-electron chi connectivity index (χ3n) is 6.47. The molecule has 1 saturated heterocycles. The second-order valence-corrected chi connectivity index (χ2v) is 9.51. The van der Waals surface area contributed by atoms with Crippen molar-refractivity contribution in [1.82, 2.24) is 19.9 Å². The lowest BCUT2D eigenvalue weighted by molar-refractivity contribution is 0.0836. The Balaban J connectivity index is 1.35. The summed E-state index contributed by atoms with van der Waals surface area (Å²) in [5, 5.41) is 0.453. The van der Waals surface area contributed by atoms with E-state index >= 15 is 0 Å². The van der Waals surface area contributed by atoms with Gasteiger partial charge in [0.15, 0.2) is 5.82 Å². The quantitative estimate of drug-likeness (QED) is 0.402. The first kappa shape index (κ1) is 25.2. The Hall–Kier alpha value is -3.43. The topological polar surface area (TPSA) is 73.3 Å². The molecular formula is C27H26ClF2N5O2. The average molecular weight is 526 g/mol. The Bertz CT molecular complexity index is 1370. The fourth-order valence-electron chi connectivity index (χ4n) is 4.39. The van der Waals surface area contributed by atoms with E-state index in [0.717, 1.165) is 72.5 Å². The predicted molar refractivity (Wildman–Crippen MR) is 136 cm³/mol. The summed E-state index contributed by atoms with van der Waals surface area (Å²) in [6.45, 7) is 5.57. The molecule has 0 saturated carbocycles. The van der Waals surface area contributed by atoms with Crippen LogP contribution in [0, 0.1) is 18.6 Å². The van der Waals surface area contributed by atoms with E-state index in [-0.39, 0.29) is 18.2 Å². The van der Waals surface area contributed by atoms with Crippen LogP contribution < -0.4 is 4.90 Å². The third kappa shape index (κ3) is 5.62. The highest BCUT2D eigenvalue weighted by Crippen LogP contribution is 2.33. The molecule has 0 atom stereocenters. The number of nitrogens with zero attached hydrogens (tertiary/aromatic N) is 5. The lowest BCUT2D eigenvalue weighted by Crippen LogP contribution is -2.27. The zero-order valence-electron chi connectivity index (χ0n) is 20.5. The molecule has 2 aliphatic rings. The van der Waals surface area contributed by atoms with Gasteiger partial charge in [0, 0.05) is 55.1 Å². The fraction of sp³-hybridized carbons (Fsp3) is 0.333. The molecule has 2 aliphatic heterocycles. The van der Waals surface area contributed by atoms with Gasteiger partial charge in [-0.1, -0.05) is 11.6 Å². The third-order valence-corrected chi connectivity index (χ3v) is 6.77. The number of hydrogen-bond acceptors (Lipinski definition) is 7. The fourth-order valence-corrected chi connectivity index (χ4v) is 4.62.